The molecule has 3 rings (SSSR count). The number of nitrogens with zero attached hydrogens (tertiary/aromatic N) is 3. The van der Waals surface area contributed by atoms with E-state index in [1.54, 1.807) is 6.07 Å². The highest BCUT2D eigenvalue weighted by atomic mass is 16.5. The van der Waals surface area contributed by atoms with Gasteiger partial charge in [-0.2, -0.15) is 0 Å². The van der Waals surface area contributed by atoms with Gasteiger partial charge in [0.25, 0.3) is 0 Å². The number of piperazine rings is 1. The van der Waals surface area contributed by atoms with Gasteiger partial charge >= 0.3 is 5.97 Å². The van der Waals surface area contributed by atoms with Crippen LogP contribution < -0.4 is 10.5 Å². The molecule has 23 heavy (non-hydrogen) atoms. The van der Waals surface area contributed by atoms with Crippen molar-refractivity contribution in [2.45, 2.75) is 0 Å². The fraction of sp³-hybridized carbons (Fsp3) is 0.467. The number of aromatic carboxylic acids is 1. The molecule has 0 bridgehead atoms. The Morgan fingerprint density at radius 1 is 1.39 bits per heavy atom. The number of hydrogen-bond acceptors (Lipinski definition) is 7. The van der Waals surface area contributed by atoms with Crippen LogP contribution in [0.2, 0.25) is 0 Å². The summed E-state index contributed by atoms with van der Waals surface area (Å²) in [7, 11) is 2.11. The van der Waals surface area contributed by atoms with Crippen LogP contribution in [0.3, 0.4) is 0 Å². The van der Waals surface area contributed by atoms with Crippen LogP contribution in [-0.2, 0) is 0 Å². The largest absolute Gasteiger partial charge is 0.488 e. The third-order valence-corrected chi connectivity index (χ3v) is 4.10. The molecule has 8 heteroatoms. The Labute approximate surface area is 133 Å². The van der Waals surface area contributed by atoms with Gasteiger partial charge in [0.2, 0.25) is 5.58 Å². The summed E-state index contributed by atoms with van der Waals surface area (Å²) in [5, 5.41) is 13.1. The van der Waals surface area contributed by atoms with Crippen LogP contribution in [0.4, 0.5) is 5.82 Å². The molecule has 8 nitrogen and oxygen atoms in total. The Bertz CT molecular complexity index is 707. The molecule has 0 radical (unpaired) electrons. The molecule has 3 N–H and O–H groups in total. The number of likely N-dealkylation sites (N-methyl/N-ethyl adjacent to an activating group) is 1. The van der Waals surface area contributed by atoms with E-state index >= 15 is 0 Å². The highest BCUT2D eigenvalue weighted by Crippen LogP contribution is 2.32. The van der Waals surface area contributed by atoms with E-state index in [4.69, 9.17) is 15.0 Å². The lowest BCUT2D eigenvalue weighted by atomic mass is 10.1. The van der Waals surface area contributed by atoms with E-state index in [1.165, 1.54) is 6.07 Å². The molecule has 1 fully saturated rings. The van der Waals surface area contributed by atoms with Crippen molar-refractivity contribution in [2.24, 2.45) is 0 Å². The Morgan fingerprint density at radius 3 is 2.83 bits per heavy atom. The molecule has 0 atom stereocenters. The van der Waals surface area contributed by atoms with Crippen LogP contribution in [0.25, 0.3) is 11.0 Å². The Balaban J connectivity index is 1.69. The molecular weight excluding hydrogens is 300 g/mol. The van der Waals surface area contributed by atoms with Gasteiger partial charge in [-0.25, -0.2) is 4.79 Å². The average Bonchev–Trinajstić information content (AvgIpc) is 2.92. The number of nitrogens with two attached hydrogens (primary N) is 1. The van der Waals surface area contributed by atoms with E-state index in [9.17, 15) is 9.90 Å². The zero-order valence-electron chi connectivity index (χ0n) is 13.0. The molecular formula is C15H20N4O4. The summed E-state index contributed by atoms with van der Waals surface area (Å²) in [6, 6.07) is 3.05. The van der Waals surface area contributed by atoms with Crippen LogP contribution in [-0.4, -0.2) is 72.4 Å². The lowest BCUT2D eigenvalue weighted by Crippen LogP contribution is -2.45. The fourth-order valence-electron chi connectivity index (χ4n) is 2.70. The van der Waals surface area contributed by atoms with Gasteiger partial charge in [-0.15, -0.1) is 0 Å². The normalized spacial score (nSPS) is 16.7. The van der Waals surface area contributed by atoms with E-state index in [0.717, 1.165) is 32.7 Å². The van der Waals surface area contributed by atoms with Gasteiger partial charge in [0.05, 0.1) is 10.9 Å². The first-order valence-corrected chi connectivity index (χ1v) is 7.51. The molecule has 0 spiro atoms. The Hall–Kier alpha value is -2.32. The number of nitrogen functional groups attached to an aromatic ring is 1. The molecule has 0 amide bonds. The van der Waals surface area contributed by atoms with E-state index in [-0.39, 0.29) is 22.4 Å². The number of benzene rings is 1. The summed E-state index contributed by atoms with van der Waals surface area (Å²) in [6.07, 6.45) is 0. The molecule has 0 saturated carbocycles. The van der Waals surface area contributed by atoms with Crippen molar-refractivity contribution in [3.63, 3.8) is 0 Å². The van der Waals surface area contributed by atoms with Gasteiger partial charge < -0.3 is 25.0 Å². The van der Waals surface area contributed by atoms with Gasteiger partial charge in [-0.1, -0.05) is 5.16 Å². The highest BCUT2D eigenvalue weighted by molar-refractivity contribution is 6.07. The Kier molecular flexibility index (Phi) is 4.35. The quantitative estimate of drug-likeness (QED) is 0.831. The first-order valence-electron chi connectivity index (χ1n) is 7.51. The summed E-state index contributed by atoms with van der Waals surface area (Å²) in [5.41, 5.74) is 6.04. The molecule has 2 aromatic rings. The van der Waals surface area contributed by atoms with E-state index in [0.29, 0.717) is 12.4 Å². The van der Waals surface area contributed by atoms with Crippen molar-refractivity contribution >= 4 is 22.8 Å². The second-order valence-corrected chi connectivity index (χ2v) is 5.68. The van der Waals surface area contributed by atoms with Crippen molar-refractivity contribution in [1.82, 2.24) is 15.0 Å². The molecule has 124 valence electrons. The highest BCUT2D eigenvalue weighted by Gasteiger charge is 2.20. The van der Waals surface area contributed by atoms with Crippen molar-refractivity contribution < 1.29 is 19.2 Å². The van der Waals surface area contributed by atoms with Crippen LogP contribution >= 0.6 is 0 Å². The average molecular weight is 320 g/mol. The number of ether oxygens (including phenoxy) is 1. The number of carboxylic acid groups (broad SMARTS) is 1. The topological polar surface area (TPSA) is 105 Å². The number of aromatic nitrogens is 1. The van der Waals surface area contributed by atoms with E-state index in [2.05, 4.69) is 22.0 Å². The third kappa shape index (κ3) is 3.22. The molecule has 1 aromatic heterocycles. The smallest absolute Gasteiger partial charge is 0.336 e. The number of carbonyl (C=O) groups is 1. The zero-order chi connectivity index (χ0) is 16.4. The lowest BCUT2D eigenvalue weighted by molar-refractivity contribution is 0.0699. The van der Waals surface area contributed by atoms with Gasteiger partial charge in [0.15, 0.2) is 11.6 Å². The number of carboxylic acids is 1. The van der Waals surface area contributed by atoms with Crippen molar-refractivity contribution in [3.8, 4) is 5.75 Å². The Morgan fingerprint density at radius 2 is 2.13 bits per heavy atom. The second-order valence-electron chi connectivity index (χ2n) is 5.68. The molecule has 0 aliphatic carbocycles. The third-order valence-electron chi connectivity index (χ3n) is 4.10. The molecule has 2 heterocycles. The minimum absolute atomic E-state index is 0.0573. The summed E-state index contributed by atoms with van der Waals surface area (Å²) >= 11 is 0. The van der Waals surface area contributed by atoms with Gasteiger partial charge in [-0.3, -0.25) is 4.90 Å². The SMILES string of the molecule is CN1CCN(CCOc2ccc(C(=O)O)c3c(N)noc23)CC1. The summed E-state index contributed by atoms with van der Waals surface area (Å²) in [4.78, 5) is 15.9. The molecule has 1 aromatic carbocycles. The predicted molar refractivity (Wildman–Crippen MR) is 84.8 cm³/mol. The molecule has 1 aliphatic heterocycles. The first kappa shape index (κ1) is 15.6. The van der Waals surface area contributed by atoms with Crippen molar-refractivity contribution in [3.05, 3.63) is 17.7 Å². The summed E-state index contributed by atoms with van der Waals surface area (Å²) < 4.78 is 10.9. The van der Waals surface area contributed by atoms with Crippen molar-refractivity contribution in [1.29, 1.82) is 0 Å². The van der Waals surface area contributed by atoms with Crippen LogP contribution in [0.1, 0.15) is 10.4 Å². The number of hydrogen-bond donors (Lipinski definition) is 2. The summed E-state index contributed by atoms with van der Waals surface area (Å²) in [5.74, 6) is -0.556. The molecule has 1 saturated heterocycles. The maximum Gasteiger partial charge on any atom is 0.336 e. The second kappa shape index (κ2) is 6.43. The fourth-order valence-corrected chi connectivity index (χ4v) is 2.70. The van der Waals surface area contributed by atoms with E-state index in [1.807, 2.05) is 0 Å². The van der Waals surface area contributed by atoms with Crippen LogP contribution in [0, 0.1) is 0 Å². The zero-order valence-corrected chi connectivity index (χ0v) is 13.0. The minimum Gasteiger partial charge on any atom is -0.488 e. The molecule has 0 unspecified atom stereocenters. The number of rotatable bonds is 5. The van der Waals surface area contributed by atoms with Crippen LogP contribution in [0.15, 0.2) is 16.7 Å². The maximum absolute atomic E-state index is 11.2. The lowest BCUT2D eigenvalue weighted by Gasteiger charge is -2.32. The minimum atomic E-state index is -1.08. The maximum atomic E-state index is 11.2. The summed E-state index contributed by atoms with van der Waals surface area (Å²) in [6.45, 7) is 5.43. The first-order chi connectivity index (χ1) is 11.1. The number of anilines is 1. The van der Waals surface area contributed by atoms with Gasteiger partial charge in [0, 0.05) is 32.7 Å². The van der Waals surface area contributed by atoms with Crippen molar-refractivity contribution in [2.75, 3.05) is 52.1 Å². The number of fused-ring (bicyclic) bond motifs is 1. The van der Waals surface area contributed by atoms with Crippen LogP contribution in [0.5, 0.6) is 5.75 Å². The van der Waals surface area contributed by atoms with Gasteiger partial charge in [-0.05, 0) is 19.2 Å². The van der Waals surface area contributed by atoms with E-state index < -0.39 is 5.97 Å². The van der Waals surface area contributed by atoms with Gasteiger partial charge in [0.1, 0.15) is 6.61 Å². The predicted octanol–water partition coefficient (Wildman–Crippen LogP) is 0.734. The molecule has 1 aliphatic rings. The monoisotopic (exact) mass is 320 g/mol. The standard InChI is InChI=1S/C15H20N4O4/c1-18-4-6-19(7-5-18)8-9-22-11-3-2-10(15(20)21)12-13(11)23-17-14(12)16/h2-3H,4-9H2,1H3,(H2,16,17)(H,20,21).